The predicted octanol–water partition coefficient (Wildman–Crippen LogP) is 4.69. The minimum absolute atomic E-state index is 0.00444. The maximum atomic E-state index is 11.0. The highest BCUT2D eigenvalue weighted by Gasteiger charge is 2.20. The summed E-state index contributed by atoms with van der Waals surface area (Å²) in [6.07, 6.45) is 8.33. The Bertz CT molecular complexity index is 277. The first-order chi connectivity index (χ1) is 9.41. The number of unbranched alkanes of at least 4 members (excludes halogenated alkanes) is 4. The molecule has 20 heavy (non-hydrogen) atoms. The molecule has 3 nitrogen and oxygen atoms in total. The van der Waals surface area contributed by atoms with E-state index < -0.39 is 8.32 Å². The van der Waals surface area contributed by atoms with Gasteiger partial charge in [0.05, 0.1) is 6.10 Å². The van der Waals surface area contributed by atoms with Gasteiger partial charge in [0.25, 0.3) is 0 Å². The average Bonchev–Trinajstić information content (AvgIpc) is 2.37. The third-order valence-corrected chi connectivity index (χ3v) is 6.04. The Morgan fingerprint density at radius 1 is 1.20 bits per heavy atom. The maximum Gasteiger partial charge on any atom is 0.330 e. The van der Waals surface area contributed by atoms with Crippen LogP contribution in [0, 0.1) is 0 Å². The van der Waals surface area contributed by atoms with Crippen LogP contribution in [0.5, 0.6) is 0 Å². The van der Waals surface area contributed by atoms with E-state index in [2.05, 4.69) is 26.6 Å². The zero-order chi connectivity index (χ0) is 15.4. The van der Waals surface area contributed by atoms with E-state index in [1.165, 1.54) is 37.8 Å². The summed E-state index contributed by atoms with van der Waals surface area (Å²) in [5.74, 6) is -0.319. The molecule has 0 bridgehead atoms. The lowest BCUT2D eigenvalue weighted by Crippen LogP contribution is -2.29. The first kappa shape index (κ1) is 19.4. The van der Waals surface area contributed by atoms with Crippen LogP contribution < -0.4 is 0 Å². The highest BCUT2D eigenvalue weighted by atomic mass is 28.4. The van der Waals surface area contributed by atoms with Gasteiger partial charge in [-0.05, 0) is 45.8 Å². The SMILES string of the molecule is C=CC(=O)OC(C)CCCCCCC[Si](C)(C)OCC. The topological polar surface area (TPSA) is 35.5 Å². The van der Waals surface area contributed by atoms with Crippen LogP contribution in [0.2, 0.25) is 19.1 Å². The predicted molar refractivity (Wildman–Crippen MR) is 87.4 cm³/mol. The molecule has 1 unspecified atom stereocenters. The van der Waals surface area contributed by atoms with Crippen molar-refractivity contribution in [3.63, 3.8) is 0 Å². The highest BCUT2D eigenvalue weighted by molar-refractivity contribution is 6.71. The molecule has 0 fully saturated rings. The van der Waals surface area contributed by atoms with Crippen LogP contribution in [0.4, 0.5) is 0 Å². The Balaban J connectivity index is 3.45. The second kappa shape index (κ2) is 11.1. The van der Waals surface area contributed by atoms with E-state index in [0.29, 0.717) is 0 Å². The van der Waals surface area contributed by atoms with Crippen molar-refractivity contribution >= 4 is 14.3 Å². The Kier molecular flexibility index (Phi) is 10.8. The fourth-order valence-corrected chi connectivity index (χ4v) is 4.31. The van der Waals surface area contributed by atoms with Crippen molar-refractivity contribution in [2.45, 2.75) is 77.6 Å². The summed E-state index contributed by atoms with van der Waals surface area (Å²) >= 11 is 0. The fraction of sp³-hybridized carbons (Fsp3) is 0.812. The minimum Gasteiger partial charge on any atom is -0.460 e. The fourth-order valence-electron chi connectivity index (χ4n) is 2.28. The quantitative estimate of drug-likeness (QED) is 0.227. The summed E-state index contributed by atoms with van der Waals surface area (Å²) in [4.78, 5) is 11.0. The second-order valence-corrected chi connectivity index (χ2v) is 10.3. The molecule has 0 N–H and O–H groups in total. The van der Waals surface area contributed by atoms with Gasteiger partial charge in [0.2, 0.25) is 0 Å². The second-order valence-electron chi connectivity index (χ2n) is 5.95. The van der Waals surface area contributed by atoms with E-state index in [4.69, 9.17) is 9.16 Å². The van der Waals surface area contributed by atoms with E-state index >= 15 is 0 Å². The molecule has 0 radical (unpaired) electrons. The summed E-state index contributed by atoms with van der Waals surface area (Å²) in [5, 5.41) is 0. The van der Waals surface area contributed by atoms with Crippen LogP contribution in [0.25, 0.3) is 0 Å². The lowest BCUT2D eigenvalue weighted by Gasteiger charge is -2.21. The molecule has 118 valence electrons. The normalized spacial score (nSPS) is 13.0. The molecule has 0 rings (SSSR count). The van der Waals surface area contributed by atoms with Crippen molar-refractivity contribution < 1.29 is 14.0 Å². The summed E-state index contributed by atoms with van der Waals surface area (Å²) < 4.78 is 10.9. The van der Waals surface area contributed by atoms with Crippen molar-refractivity contribution in [1.82, 2.24) is 0 Å². The number of esters is 1. The van der Waals surface area contributed by atoms with Gasteiger partial charge in [0.1, 0.15) is 0 Å². The molecule has 1 atom stereocenters. The number of hydrogen-bond donors (Lipinski definition) is 0. The average molecular weight is 301 g/mol. The Labute approximate surface area is 125 Å². The van der Waals surface area contributed by atoms with Crippen molar-refractivity contribution in [3.05, 3.63) is 12.7 Å². The van der Waals surface area contributed by atoms with Crippen molar-refractivity contribution in [2.75, 3.05) is 6.61 Å². The summed E-state index contributed by atoms with van der Waals surface area (Å²) in [7, 11) is -1.38. The number of hydrogen-bond acceptors (Lipinski definition) is 3. The molecule has 0 aliphatic rings. The zero-order valence-corrected chi connectivity index (χ0v) is 14.7. The molecule has 0 aromatic heterocycles. The molecule has 0 saturated heterocycles. The van der Waals surface area contributed by atoms with E-state index in [9.17, 15) is 4.79 Å². The lowest BCUT2D eigenvalue weighted by atomic mass is 10.1. The molecule has 4 heteroatoms. The van der Waals surface area contributed by atoms with E-state index in [-0.39, 0.29) is 12.1 Å². The maximum absolute atomic E-state index is 11.0. The van der Waals surface area contributed by atoms with Crippen LogP contribution in [0.1, 0.15) is 52.4 Å². The number of rotatable bonds is 12. The van der Waals surface area contributed by atoms with Crippen LogP contribution >= 0.6 is 0 Å². The molecule has 0 spiro atoms. The van der Waals surface area contributed by atoms with Gasteiger partial charge in [-0.25, -0.2) is 4.79 Å². The first-order valence-corrected chi connectivity index (χ1v) is 11.0. The van der Waals surface area contributed by atoms with Gasteiger partial charge in [0, 0.05) is 12.7 Å². The number of carbonyl (C=O) groups excluding carboxylic acids is 1. The smallest absolute Gasteiger partial charge is 0.330 e. The van der Waals surface area contributed by atoms with Crippen molar-refractivity contribution in [2.24, 2.45) is 0 Å². The Morgan fingerprint density at radius 2 is 1.80 bits per heavy atom. The van der Waals surface area contributed by atoms with Crippen LogP contribution in [-0.2, 0) is 14.0 Å². The summed E-state index contributed by atoms with van der Waals surface area (Å²) in [6, 6.07) is 1.26. The molecular formula is C16H32O3Si. The van der Waals surface area contributed by atoms with Gasteiger partial charge < -0.3 is 9.16 Å². The molecular weight excluding hydrogens is 268 g/mol. The van der Waals surface area contributed by atoms with Gasteiger partial charge in [-0.15, -0.1) is 0 Å². The van der Waals surface area contributed by atoms with Crippen LogP contribution in [-0.4, -0.2) is 27.0 Å². The van der Waals surface area contributed by atoms with Gasteiger partial charge in [-0.1, -0.05) is 32.3 Å². The van der Waals surface area contributed by atoms with Gasteiger partial charge in [-0.2, -0.15) is 0 Å². The van der Waals surface area contributed by atoms with E-state index in [0.717, 1.165) is 19.4 Å². The van der Waals surface area contributed by atoms with Gasteiger partial charge >= 0.3 is 5.97 Å². The van der Waals surface area contributed by atoms with Crippen molar-refractivity contribution in [3.8, 4) is 0 Å². The van der Waals surface area contributed by atoms with Gasteiger partial charge in [-0.3, -0.25) is 0 Å². The molecule has 0 aromatic carbocycles. The molecule has 0 heterocycles. The third-order valence-electron chi connectivity index (χ3n) is 3.41. The molecule has 0 aliphatic carbocycles. The number of ether oxygens (including phenoxy) is 1. The standard InChI is InChI=1S/C16H32O3Si/c1-6-16(17)19-15(3)13-11-9-8-10-12-14-20(4,5)18-7-2/h6,15H,1,7-14H2,2-5H3. The molecule has 0 aromatic rings. The monoisotopic (exact) mass is 300 g/mol. The lowest BCUT2D eigenvalue weighted by molar-refractivity contribution is -0.142. The van der Waals surface area contributed by atoms with Crippen molar-refractivity contribution in [1.29, 1.82) is 0 Å². The third kappa shape index (κ3) is 11.2. The highest BCUT2D eigenvalue weighted by Crippen LogP contribution is 2.17. The van der Waals surface area contributed by atoms with Crippen LogP contribution in [0.3, 0.4) is 0 Å². The molecule has 0 saturated carbocycles. The Hall–Kier alpha value is -0.613. The zero-order valence-electron chi connectivity index (χ0n) is 13.7. The summed E-state index contributed by atoms with van der Waals surface area (Å²) in [6.45, 7) is 12.9. The Morgan fingerprint density at radius 3 is 2.40 bits per heavy atom. The van der Waals surface area contributed by atoms with E-state index in [1.54, 1.807) is 0 Å². The van der Waals surface area contributed by atoms with Gasteiger partial charge in [0.15, 0.2) is 8.32 Å². The number of carbonyl (C=O) groups is 1. The summed E-state index contributed by atoms with van der Waals surface area (Å²) in [5.41, 5.74) is 0. The largest absolute Gasteiger partial charge is 0.460 e. The van der Waals surface area contributed by atoms with Crippen LogP contribution in [0.15, 0.2) is 12.7 Å². The minimum atomic E-state index is -1.38. The molecule has 0 amide bonds. The first-order valence-electron chi connectivity index (χ1n) is 7.88. The van der Waals surface area contributed by atoms with E-state index in [1.807, 2.05) is 6.92 Å². The molecule has 0 aliphatic heterocycles.